The average Bonchev–Trinajstić information content (AvgIpc) is 2.91. The fourth-order valence-electron chi connectivity index (χ4n) is 3.05. The highest BCUT2D eigenvalue weighted by Gasteiger charge is 2.16. The van der Waals surface area contributed by atoms with E-state index in [-0.39, 0.29) is 5.69 Å². The molecule has 4 heteroatoms. The highest BCUT2D eigenvalue weighted by atomic mass is 16.3. The van der Waals surface area contributed by atoms with Crippen LogP contribution in [0.4, 0.5) is 0 Å². The second-order valence-electron chi connectivity index (χ2n) is 6.06. The van der Waals surface area contributed by atoms with Crippen LogP contribution in [0.1, 0.15) is 83.1 Å². The average molecular weight is 304 g/mol. The Bertz CT molecular complexity index is 638. The number of aromatic amines is 1. The first kappa shape index (κ1) is 16.8. The zero-order valence-corrected chi connectivity index (χ0v) is 14.1. The SMILES string of the molecule is CCCCCCCc1cc2c(C(CC)CC)[nH]c(=O)nc2o1. The van der Waals surface area contributed by atoms with Crippen molar-refractivity contribution in [3.63, 3.8) is 0 Å². The first-order chi connectivity index (χ1) is 10.7. The van der Waals surface area contributed by atoms with Gasteiger partial charge in [-0.25, -0.2) is 4.79 Å². The van der Waals surface area contributed by atoms with Crippen LogP contribution in [0.15, 0.2) is 15.3 Å². The molecule has 0 bridgehead atoms. The molecule has 0 aliphatic rings. The summed E-state index contributed by atoms with van der Waals surface area (Å²) >= 11 is 0. The first-order valence-electron chi connectivity index (χ1n) is 8.72. The van der Waals surface area contributed by atoms with Crippen LogP contribution >= 0.6 is 0 Å². The standard InChI is InChI=1S/C18H28N2O2/c1-4-7-8-9-10-11-14-12-15-16(13(5-2)6-3)19-18(21)20-17(15)22-14/h12-13H,4-11H2,1-3H3,(H,19,20,21). The molecule has 0 spiro atoms. The van der Waals surface area contributed by atoms with Crippen LogP contribution in [0.25, 0.3) is 11.1 Å². The van der Waals surface area contributed by atoms with Gasteiger partial charge in [0.1, 0.15) is 5.76 Å². The Morgan fingerprint density at radius 2 is 1.86 bits per heavy atom. The Hall–Kier alpha value is -1.58. The van der Waals surface area contributed by atoms with E-state index in [9.17, 15) is 4.79 Å². The second-order valence-corrected chi connectivity index (χ2v) is 6.06. The van der Waals surface area contributed by atoms with Gasteiger partial charge in [0.05, 0.1) is 5.39 Å². The number of nitrogens with one attached hydrogen (secondary N) is 1. The lowest BCUT2D eigenvalue weighted by molar-refractivity contribution is 0.515. The van der Waals surface area contributed by atoms with E-state index in [4.69, 9.17) is 4.42 Å². The van der Waals surface area contributed by atoms with Crippen molar-refractivity contribution in [2.75, 3.05) is 0 Å². The highest BCUT2D eigenvalue weighted by Crippen LogP contribution is 2.29. The van der Waals surface area contributed by atoms with Gasteiger partial charge in [0.2, 0.25) is 5.71 Å². The van der Waals surface area contributed by atoms with Crippen molar-refractivity contribution in [2.24, 2.45) is 0 Å². The minimum Gasteiger partial charge on any atom is -0.443 e. The largest absolute Gasteiger partial charge is 0.443 e. The van der Waals surface area contributed by atoms with Gasteiger partial charge in [-0.05, 0) is 31.2 Å². The first-order valence-corrected chi connectivity index (χ1v) is 8.72. The molecule has 0 aliphatic carbocycles. The van der Waals surface area contributed by atoms with E-state index >= 15 is 0 Å². The van der Waals surface area contributed by atoms with E-state index in [0.29, 0.717) is 11.6 Å². The van der Waals surface area contributed by atoms with Crippen LogP contribution in [0.5, 0.6) is 0 Å². The minimum atomic E-state index is -0.307. The number of aromatic nitrogens is 2. The topological polar surface area (TPSA) is 58.9 Å². The molecule has 2 heterocycles. The van der Waals surface area contributed by atoms with E-state index in [1.807, 2.05) is 0 Å². The summed E-state index contributed by atoms with van der Waals surface area (Å²) in [5, 5.41) is 0.983. The lowest BCUT2D eigenvalue weighted by atomic mass is 9.97. The van der Waals surface area contributed by atoms with Gasteiger partial charge in [-0.1, -0.05) is 46.5 Å². The zero-order valence-electron chi connectivity index (χ0n) is 14.1. The van der Waals surface area contributed by atoms with Gasteiger partial charge >= 0.3 is 5.69 Å². The monoisotopic (exact) mass is 304 g/mol. The Kier molecular flexibility index (Phi) is 6.22. The molecular weight excluding hydrogens is 276 g/mol. The van der Waals surface area contributed by atoms with Gasteiger partial charge in [0.15, 0.2) is 0 Å². The number of aryl methyl sites for hydroxylation is 1. The number of fused-ring (bicyclic) bond motifs is 1. The predicted octanol–water partition coefficient (Wildman–Crippen LogP) is 4.93. The Balaban J connectivity index is 2.18. The summed E-state index contributed by atoms with van der Waals surface area (Å²) in [4.78, 5) is 18.7. The molecular formula is C18H28N2O2. The van der Waals surface area contributed by atoms with Crippen LogP contribution in [0.3, 0.4) is 0 Å². The number of unbranched alkanes of at least 4 members (excludes halogenated alkanes) is 4. The number of H-pyrrole nitrogens is 1. The molecule has 0 unspecified atom stereocenters. The number of furan rings is 1. The van der Waals surface area contributed by atoms with Crippen molar-refractivity contribution in [1.82, 2.24) is 9.97 Å². The van der Waals surface area contributed by atoms with Gasteiger partial charge in [-0.15, -0.1) is 0 Å². The van der Waals surface area contributed by atoms with Gasteiger partial charge in [-0.3, -0.25) is 0 Å². The molecule has 4 nitrogen and oxygen atoms in total. The molecule has 0 atom stereocenters. The third-order valence-corrected chi connectivity index (χ3v) is 4.42. The number of rotatable bonds is 9. The van der Waals surface area contributed by atoms with Crippen LogP contribution in [0.2, 0.25) is 0 Å². The molecule has 122 valence electrons. The fourth-order valence-corrected chi connectivity index (χ4v) is 3.05. The molecule has 0 aliphatic heterocycles. The summed E-state index contributed by atoms with van der Waals surface area (Å²) in [5.41, 5.74) is 1.17. The molecule has 0 radical (unpaired) electrons. The van der Waals surface area contributed by atoms with Crippen LogP contribution < -0.4 is 5.69 Å². The van der Waals surface area contributed by atoms with Crippen molar-refractivity contribution in [3.05, 3.63) is 28.0 Å². The molecule has 2 aromatic heterocycles. The smallest absolute Gasteiger partial charge is 0.348 e. The normalized spacial score (nSPS) is 11.6. The molecule has 0 aromatic carbocycles. The second kappa shape index (κ2) is 8.16. The number of hydrogen-bond donors (Lipinski definition) is 1. The predicted molar refractivity (Wildman–Crippen MR) is 90.4 cm³/mol. The maximum atomic E-state index is 11.8. The molecule has 0 fully saturated rings. The Morgan fingerprint density at radius 3 is 2.55 bits per heavy atom. The third kappa shape index (κ3) is 3.99. The zero-order chi connectivity index (χ0) is 15.9. The number of nitrogens with zero attached hydrogens (tertiary/aromatic N) is 1. The van der Waals surface area contributed by atoms with E-state index in [1.165, 1.54) is 25.7 Å². The summed E-state index contributed by atoms with van der Waals surface area (Å²) in [6.45, 7) is 6.52. The molecule has 0 amide bonds. The highest BCUT2D eigenvalue weighted by molar-refractivity contribution is 5.77. The fraction of sp³-hybridized carbons (Fsp3) is 0.667. The summed E-state index contributed by atoms with van der Waals surface area (Å²) in [7, 11) is 0. The Morgan fingerprint density at radius 1 is 1.14 bits per heavy atom. The molecule has 22 heavy (non-hydrogen) atoms. The maximum Gasteiger partial charge on any atom is 0.348 e. The third-order valence-electron chi connectivity index (χ3n) is 4.42. The molecule has 0 saturated heterocycles. The minimum absolute atomic E-state index is 0.307. The van der Waals surface area contributed by atoms with Gasteiger partial charge in [0, 0.05) is 12.1 Å². The lowest BCUT2D eigenvalue weighted by Crippen LogP contribution is -2.14. The van der Waals surface area contributed by atoms with Crippen molar-refractivity contribution in [2.45, 2.75) is 78.1 Å². The molecule has 0 saturated carbocycles. The molecule has 1 N–H and O–H groups in total. The Labute approximate surface area is 132 Å². The van der Waals surface area contributed by atoms with Crippen molar-refractivity contribution < 1.29 is 4.42 Å². The summed E-state index contributed by atoms with van der Waals surface area (Å²) in [6.07, 6.45) is 9.14. The lowest BCUT2D eigenvalue weighted by Gasteiger charge is -2.12. The van der Waals surface area contributed by atoms with E-state index in [0.717, 1.165) is 42.5 Å². The van der Waals surface area contributed by atoms with Gasteiger partial charge < -0.3 is 9.40 Å². The van der Waals surface area contributed by atoms with Crippen molar-refractivity contribution >= 4 is 11.1 Å². The summed E-state index contributed by atoms with van der Waals surface area (Å²) < 4.78 is 5.80. The van der Waals surface area contributed by atoms with Gasteiger partial charge in [0.25, 0.3) is 0 Å². The molecule has 2 rings (SSSR count). The molecule has 2 aromatic rings. The van der Waals surface area contributed by atoms with E-state index in [2.05, 4.69) is 36.8 Å². The van der Waals surface area contributed by atoms with Crippen molar-refractivity contribution in [1.29, 1.82) is 0 Å². The van der Waals surface area contributed by atoms with Gasteiger partial charge in [-0.2, -0.15) is 4.98 Å². The van der Waals surface area contributed by atoms with Crippen molar-refractivity contribution in [3.8, 4) is 0 Å². The maximum absolute atomic E-state index is 11.8. The van der Waals surface area contributed by atoms with Crippen LogP contribution in [-0.2, 0) is 6.42 Å². The van der Waals surface area contributed by atoms with E-state index in [1.54, 1.807) is 0 Å². The summed E-state index contributed by atoms with van der Waals surface area (Å²) in [6, 6.07) is 2.08. The number of hydrogen-bond acceptors (Lipinski definition) is 3. The van der Waals surface area contributed by atoms with Crippen LogP contribution in [-0.4, -0.2) is 9.97 Å². The quantitative estimate of drug-likeness (QED) is 0.668. The van der Waals surface area contributed by atoms with Crippen LogP contribution in [0, 0.1) is 0 Å². The van der Waals surface area contributed by atoms with E-state index < -0.39 is 0 Å². The summed E-state index contributed by atoms with van der Waals surface area (Å²) in [5.74, 6) is 1.30.